The average molecular weight is 262 g/mol. The molecule has 2 aromatic rings. The van der Waals surface area contributed by atoms with E-state index in [9.17, 15) is 9.18 Å². The molecule has 98 valence electrons. The first-order valence-electron chi connectivity index (χ1n) is 5.40. The summed E-state index contributed by atoms with van der Waals surface area (Å²) >= 11 is 0. The molecule has 0 aliphatic rings. The number of hydrogen-bond donors (Lipinski definition) is 2. The fourth-order valence-corrected chi connectivity index (χ4v) is 1.48. The third kappa shape index (κ3) is 2.98. The maximum atomic E-state index is 13.2. The highest BCUT2D eigenvalue weighted by Gasteiger charge is 2.05. The molecule has 0 fully saturated rings. The van der Waals surface area contributed by atoms with Crippen molar-refractivity contribution in [1.29, 1.82) is 0 Å². The maximum Gasteiger partial charge on any atom is 0.337 e. The Balaban J connectivity index is 2.19. The second kappa shape index (κ2) is 5.34. The van der Waals surface area contributed by atoms with E-state index in [1.54, 1.807) is 0 Å². The van der Waals surface area contributed by atoms with E-state index in [4.69, 9.17) is 9.84 Å². The summed E-state index contributed by atoms with van der Waals surface area (Å²) in [5.41, 5.74) is 0.691. The number of carboxylic acids is 1. The van der Waals surface area contributed by atoms with E-state index in [0.29, 0.717) is 11.5 Å². The molecule has 1 aromatic heterocycles. The van der Waals surface area contributed by atoms with Crippen molar-refractivity contribution in [2.24, 2.45) is 0 Å². The van der Waals surface area contributed by atoms with Gasteiger partial charge in [-0.3, -0.25) is 0 Å². The standard InChI is InChI=1S/C13H11FN2O3/c1-19-11-6-9(3-4-10(11)14)16-12-5-2-8(7-15-12)13(17)18/h2-7H,1H3,(H,15,16)(H,17,18). The zero-order valence-electron chi connectivity index (χ0n) is 10.1. The average Bonchev–Trinajstić information content (AvgIpc) is 2.41. The van der Waals surface area contributed by atoms with E-state index < -0.39 is 11.8 Å². The minimum absolute atomic E-state index is 0.0993. The van der Waals surface area contributed by atoms with Gasteiger partial charge in [0.05, 0.1) is 12.7 Å². The molecule has 19 heavy (non-hydrogen) atoms. The molecule has 0 atom stereocenters. The van der Waals surface area contributed by atoms with Crippen molar-refractivity contribution in [3.63, 3.8) is 0 Å². The van der Waals surface area contributed by atoms with Gasteiger partial charge < -0.3 is 15.2 Å². The summed E-state index contributed by atoms with van der Waals surface area (Å²) in [6, 6.07) is 7.25. The van der Waals surface area contributed by atoms with Crippen LogP contribution in [0.15, 0.2) is 36.5 Å². The molecule has 0 saturated carbocycles. The molecular weight excluding hydrogens is 251 g/mol. The summed E-state index contributed by atoms with van der Waals surface area (Å²) in [5, 5.41) is 11.7. The number of nitrogens with zero attached hydrogens (tertiary/aromatic N) is 1. The Kier molecular flexibility index (Phi) is 3.61. The van der Waals surface area contributed by atoms with Crippen molar-refractivity contribution in [2.45, 2.75) is 0 Å². The lowest BCUT2D eigenvalue weighted by Crippen LogP contribution is -1.99. The van der Waals surface area contributed by atoms with Crippen LogP contribution in [0.3, 0.4) is 0 Å². The first-order valence-corrected chi connectivity index (χ1v) is 5.40. The number of rotatable bonds is 4. The van der Waals surface area contributed by atoms with Crippen LogP contribution < -0.4 is 10.1 Å². The molecule has 0 saturated heterocycles. The SMILES string of the molecule is COc1cc(Nc2ccc(C(=O)O)cn2)ccc1F. The third-order valence-electron chi connectivity index (χ3n) is 2.43. The summed E-state index contributed by atoms with van der Waals surface area (Å²) in [6.45, 7) is 0. The van der Waals surface area contributed by atoms with Gasteiger partial charge >= 0.3 is 5.97 Å². The number of hydrogen-bond acceptors (Lipinski definition) is 4. The molecule has 1 heterocycles. The van der Waals surface area contributed by atoms with E-state index in [2.05, 4.69) is 10.3 Å². The smallest absolute Gasteiger partial charge is 0.337 e. The van der Waals surface area contributed by atoms with Gasteiger partial charge in [-0.25, -0.2) is 14.2 Å². The summed E-state index contributed by atoms with van der Waals surface area (Å²) < 4.78 is 18.1. The van der Waals surface area contributed by atoms with Crippen molar-refractivity contribution >= 4 is 17.5 Å². The van der Waals surface area contributed by atoms with Crippen molar-refractivity contribution in [2.75, 3.05) is 12.4 Å². The fourth-order valence-electron chi connectivity index (χ4n) is 1.48. The number of ether oxygens (including phenoxy) is 1. The van der Waals surface area contributed by atoms with Crippen LogP contribution in [-0.2, 0) is 0 Å². The van der Waals surface area contributed by atoms with Crippen LogP contribution in [0.4, 0.5) is 15.9 Å². The van der Waals surface area contributed by atoms with Crippen LogP contribution in [0.5, 0.6) is 5.75 Å². The quantitative estimate of drug-likeness (QED) is 0.886. The van der Waals surface area contributed by atoms with Crippen molar-refractivity contribution in [3.8, 4) is 5.75 Å². The number of halogens is 1. The van der Waals surface area contributed by atoms with Crippen LogP contribution in [0.25, 0.3) is 0 Å². The van der Waals surface area contributed by atoms with E-state index >= 15 is 0 Å². The molecule has 0 amide bonds. The Morgan fingerprint density at radius 2 is 2.16 bits per heavy atom. The van der Waals surface area contributed by atoms with Crippen molar-refractivity contribution < 1.29 is 19.0 Å². The minimum atomic E-state index is -1.04. The third-order valence-corrected chi connectivity index (χ3v) is 2.43. The molecule has 5 nitrogen and oxygen atoms in total. The van der Waals surface area contributed by atoms with Gasteiger partial charge in [0.1, 0.15) is 5.82 Å². The number of benzene rings is 1. The Bertz CT molecular complexity index is 599. The number of carboxylic acid groups (broad SMARTS) is 1. The summed E-state index contributed by atoms with van der Waals surface area (Å²) in [4.78, 5) is 14.6. The second-order valence-corrected chi connectivity index (χ2v) is 3.71. The largest absolute Gasteiger partial charge is 0.494 e. The van der Waals surface area contributed by atoms with Gasteiger partial charge in [0.15, 0.2) is 11.6 Å². The van der Waals surface area contributed by atoms with E-state index in [1.165, 1.54) is 43.6 Å². The lowest BCUT2D eigenvalue weighted by atomic mass is 10.2. The second-order valence-electron chi connectivity index (χ2n) is 3.71. The van der Waals surface area contributed by atoms with Crippen LogP contribution >= 0.6 is 0 Å². The van der Waals surface area contributed by atoms with Crippen LogP contribution in [0, 0.1) is 5.82 Å². The summed E-state index contributed by atoms with van der Waals surface area (Å²) in [7, 11) is 1.38. The Hall–Kier alpha value is -2.63. The van der Waals surface area contributed by atoms with Gasteiger partial charge in [-0.05, 0) is 24.3 Å². The number of methoxy groups -OCH3 is 1. The highest BCUT2D eigenvalue weighted by Crippen LogP contribution is 2.23. The van der Waals surface area contributed by atoms with Crippen LogP contribution in [0.1, 0.15) is 10.4 Å². The van der Waals surface area contributed by atoms with Crippen molar-refractivity contribution in [3.05, 3.63) is 47.9 Å². The van der Waals surface area contributed by atoms with Gasteiger partial charge in [-0.1, -0.05) is 0 Å². The zero-order valence-corrected chi connectivity index (χ0v) is 10.1. The number of aromatic carboxylic acids is 1. The van der Waals surface area contributed by atoms with E-state index in [0.717, 1.165) is 0 Å². The highest BCUT2D eigenvalue weighted by atomic mass is 19.1. The van der Waals surface area contributed by atoms with Crippen LogP contribution in [-0.4, -0.2) is 23.2 Å². The number of nitrogens with one attached hydrogen (secondary N) is 1. The minimum Gasteiger partial charge on any atom is -0.494 e. The molecular formula is C13H11FN2O3. The van der Waals surface area contributed by atoms with E-state index in [1.807, 2.05) is 0 Å². The van der Waals surface area contributed by atoms with Crippen LogP contribution in [0.2, 0.25) is 0 Å². The molecule has 0 bridgehead atoms. The lowest BCUT2D eigenvalue weighted by Gasteiger charge is -2.08. The highest BCUT2D eigenvalue weighted by molar-refractivity contribution is 5.87. The monoisotopic (exact) mass is 262 g/mol. The number of pyridine rings is 1. The first kappa shape index (κ1) is 12.8. The zero-order chi connectivity index (χ0) is 13.8. The molecule has 6 heteroatoms. The van der Waals surface area contributed by atoms with E-state index in [-0.39, 0.29) is 11.3 Å². The molecule has 0 aliphatic carbocycles. The number of anilines is 2. The van der Waals surface area contributed by atoms with Gasteiger partial charge in [0, 0.05) is 18.0 Å². The predicted octanol–water partition coefficient (Wildman–Crippen LogP) is 2.67. The molecule has 0 radical (unpaired) electrons. The Morgan fingerprint density at radius 3 is 2.74 bits per heavy atom. The number of carbonyl (C=O) groups is 1. The summed E-state index contributed by atoms with van der Waals surface area (Å²) in [5.74, 6) is -0.921. The van der Waals surface area contributed by atoms with Gasteiger partial charge in [0.2, 0.25) is 0 Å². The molecule has 2 rings (SSSR count). The molecule has 1 aromatic carbocycles. The topological polar surface area (TPSA) is 71.5 Å². The molecule has 0 aliphatic heterocycles. The van der Waals surface area contributed by atoms with Gasteiger partial charge in [-0.2, -0.15) is 0 Å². The van der Waals surface area contributed by atoms with Crippen molar-refractivity contribution in [1.82, 2.24) is 4.98 Å². The molecule has 0 unspecified atom stereocenters. The normalized spacial score (nSPS) is 10.0. The lowest BCUT2D eigenvalue weighted by molar-refractivity contribution is 0.0696. The fraction of sp³-hybridized carbons (Fsp3) is 0.0769. The molecule has 0 spiro atoms. The number of aromatic nitrogens is 1. The predicted molar refractivity (Wildman–Crippen MR) is 67.4 cm³/mol. The first-order chi connectivity index (χ1) is 9.10. The molecule has 2 N–H and O–H groups in total. The maximum absolute atomic E-state index is 13.2. The Labute approximate surface area is 108 Å². The summed E-state index contributed by atoms with van der Waals surface area (Å²) in [6.07, 6.45) is 1.24. The van der Waals surface area contributed by atoms with Gasteiger partial charge in [-0.15, -0.1) is 0 Å². The van der Waals surface area contributed by atoms with Gasteiger partial charge in [0.25, 0.3) is 0 Å². The Morgan fingerprint density at radius 1 is 1.37 bits per heavy atom.